The number of piperidine rings is 1. The molecular formula is C13H16BrNO2S. The SMILES string of the molecule is CC1(C)CCC(=O)CN1C(=O)Cc1cc(Br)cs1. The highest BCUT2D eigenvalue weighted by Crippen LogP contribution is 2.27. The number of amides is 1. The lowest BCUT2D eigenvalue weighted by Gasteiger charge is -2.41. The van der Waals surface area contributed by atoms with Crippen LogP contribution in [0.25, 0.3) is 0 Å². The summed E-state index contributed by atoms with van der Waals surface area (Å²) in [4.78, 5) is 26.6. The summed E-state index contributed by atoms with van der Waals surface area (Å²) in [6.07, 6.45) is 1.72. The molecule has 0 aliphatic carbocycles. The minimum atomic E-state index is -0.209. The third-order valence-corrected chi connectivity index (χ3v) is 5.03. The molecule has 1 aliphatic heterocycles. The molecule has 98 valence electrons. The standard InChI is InChI=1S/C13H16BrNO2S/c1-13(2)4-3-10(16)7-15(13)12(17)6-11-5-9(14)8-18-11/h5,8H,3-4,6-7H2,1-2H3. The Morgan fingerprint density at radius 1 is 1.56 bits per heavy atom. The highest BCUT2D eigenvalue weighted by molar-refractivity contribution is 9.10. The molecule has 0 unspecified atom stereocenters. The fourth-order valence-corrected chi connectivity index (χ4v) is 3.61. The molecule has 1 saturated heterocycles. The van der Waals surface area contributed by atoms with Crippen LogP contribution in [-0.2, 0) is 16.0 Å². The van der Waals surface area contributed by atoms with E-state index in [4.69, 9.17) is 0 Å². The first-order valence-corrected chi connectivity index (χ1v) is 7.61. The predicted octanol–water partition coefficient (Wildman–Crippen LogP) is 3.02. The van der Waals surface area contributed by atoms with E-state index >= 15 is 0 Å². The van der Waals surface area contributed by atoms with E-state index in [-0.39, 0.29) is 23.8 Å². The summed E-state index contributed by atoms with van der Waals surface area (Å²) in [7, 11) is 0. The quantitative estimate of drug-likeness (QED) is 0.836. The minimum absolute atomic E-state index is 0.0439. The topological polar surface area (TPSA) is 37.4 Å². The zero-order chi connectivity index (χ0) is 13.3. The molecule has 1 fully saturated rings. The Morgan fingerprint density at radius 3 is 2.89 bits per heavy atom. The molecule has 2 rings (SSSR count). The summed E-state index contributed by atoms with van der Waals surface area (Å²) < 4.78 is 1.00. The van der Waals surface area contributed by atoms with Crippen molar-refractivity contribution in [3.8, 4) is 0 Å². The molecule has 0 bridgehead atoms. The normalized spacial score (nSPS) is 19.1. The van der Waals surface area contributed by atoms with E-state index in [0.717, 1.165) is 15.8 Å². The molecule has 18 heavy (non-hydrogen) atoms. The molecule has 0 atom stereocenters. The van der Waals surface area contributed by atoms with Gasteiger partial charge in [-0.15, -0.1) is 11.3 Å². The van der Waals surface area contributed by atoms with E-state index in [1.54, 1.807) is 16.2 Å². The van der Waals surface area contributed by atoms with Gasteiger partial charge >= 0.3 is 0 Å². The molecule has 3 nitrogen and oxygen atoms in total. The van der Waals surface area contributed by atoms with Crippen LogP contribution < -0.4 is 0 Å². The molecule has 1 amide bonds. The molecule has 1 aliphatic rings. The summed E-state index contributed by atoms with van der Waals surface area (Å²) in [6, 6.07) is 1.96. The van der Waals surface area contributed by atoms with Crippen molar-refractivity contribution >= 4 is 39.0 Å². The van der Waals surface area contributed by atoms with Crippen LogP contribution >= 0.6 is 27.3 Å². The van der Waals surface area contributed by atoms with Crippen LogP contribution in [0.3, 0.4) is 0 Å². The third kappa shape index (κ3) is 3.01. The van der Waals surface area contributed by atoms with Gasteiger partial charge in [-0.3, -0.25) is 9.59 Å². The number of Topliss-reactive ketones (excluding diaryl/α,β-unsaturated/α-hetero) is 1. The zero-order valence-corrected chi connectivity index (χ0v) is 12.9. The van der Waals surface area contributed by atoms with Crippen LogP contribution in [0.2, 0.25) is 0 Å². The average molecular weight is 330 g/mol. The van der Waals surface area contributed by atoms with Gasteiger partial charge < -0.3 is 4.90 Å². The van der Waals surface area contributed by atoms with Crippen LogP contribution in [0.5, 0.6) is 0 Å². The van der Waals surface area contributed by atoms with Crippen molar-refractivity contribution in [3.05, 3.63) is 20.8 Å². The van der Waals surface area contributed by atoms with Gasteiger partial charge in [-0.1, -0.05) is 0 Å². The largest absolute Gasteiger partial charge is 0.330 e. The molecular weight excluding hydrogens is 314 g/mol. The molecule has 1 aromatic rings. The van der Waals surface area contributed by atoms with Gasteiger partial charge in [-0.2, -0.15) is 0 Å². The maximum atomic E-state index is 12.3. The maximum Gasteiger partial charge on any atom is 0.228 e. The number of halogens is 1. The van der Waals surface area contributed by atoms with Crippen LogP contribution in [0.4, 0.5) is 0 Å². The monoisotopic (exact) mass is 329 g/mol. The van der Waals surface area contributed by atoms with Crippen molar-refractivity contribution in [1.29, 1.82) is 0 Å². The number of carbonyl (C=O) groups excluding carboxylic acids is 2. The second-order valence-electron chi connectivity index (χ2n) is 5.24. The average Bonchev–Trinajstić information content (AvgIpc) is 2.67. The van der Waals surface area contributed by atoms with Gasteiger partial charge in [0.05, 0.1) is 13.0 Å². The van der Waals surface area contributed by atoms with Crippen LogP contribution in [-0.4, -0.2) is 28.7 Å². The highest BCUT2D eigenvalue weighted by atomic mass is 79.9. The number of hydrogen-bond donors (Lipinski definition) is 0. The van der Waals surface area contributed by atoms with Gasteiger partial charge in [0.1, 0.15) is 0 Å². The lowest BCUT2D eigenvalue weighted by atomic mass is 9.89. The summed E-state index contributed by atoms with van der Waals surface area (Å²) in [5.74, 6) is 0.206. The smallest absolute Gasteiger partial charge is 0.228 e. The lowest BCUT2D eigenvalue weighted by molar-refractivity contribution is -0.144. The Bertz CT molecular complexity index is 481. The van der Waals surface area contributed by atoms with Gasteiger partial charge in [0, 0.05) is 26.7 Å². The first-order chi connectivity index (χ1) is 8.38. The van der Waals surface area contributed by atoms with Crippen LogP contribution in [0.1, 0.15) is 31.6 Å². The van der Waals surface area contributed by atoms with Crippen molar-refractivity contribution in [2.24, 2.45) is 0 Å². The maximum absolute atomic E-state index is 12.3. The van der Waals surface area contributed by atoms with Gasteiger partial charge in [0.15, 0.2) is 5.78 Å². The third-order valence-electron chi connectivity index (χ3n) is 3.33. The molecule has 5 heteroatoms. The summed E-state index contributed by atoms with van der Waals surface area (Å²) in [6.45, 7) is 4.32. The van der Waals surface area contributed by atoms with E-state index in [1.165, 1.54) is 0 Å². The Kier molecular flexibility index (Phi) is 3.92. The van der Waals surface area contributed by atoms with Crippen LogP contribution in [0.15, 0.2) is 15.9 Å². The van der Waals surface area contributed by atoms with Crippen molar-refractivity contribution in [2.45, 2.75) is 38.6 Å². The van der Waals surface area contributed by atoms with E-state index in [9.17, 15) is 9.59 Å². The number of rotatable bonds is 2. The minimum Gasteiger partial charge on any atom is -0.330 e. The number of nitrogens with zero attached hydrogens (tertiary/aromatic N) is 1. The molecule has 0 N–H and O–H groups in total. The Balaban J connectivity index is 2.09. The van der Waals surface area contributed by atoms with Crippen molar-refractivity contribution < 1.29 is 9.59 Å². The Hall–Kier alpha value is -0.680. The molecule has 0 aromatic carbocycles. The number of likely N-dealkylation sites (tertiary alicyclic amines) is 1. The van der Waals surface area contributed by atoms with Crippen molar-refractivity contribution in [2.75, 3.05) is 6.54 Å². The fourth-order valence-electron chi connectivity index (χ4n) is 2.17. The molecule has 0 radical (unpaired) electrons. The molecule has 2 heterocycles. The molecule has 1 aromatic heterocycles. The highest BCUT2D eigenvalue weighted by Gasteiger charge is 2.36. The first-order valence-electron chi connectivity index (χ1n) is 5.93. The number of thiophene rings is 1. The number of carbonyl (C=O) groups is 2. The van der Waals surface area contributed by atoms with E-state index in [0.29, 0.717) is 12.8 Å². The van der Waals surface area contributed by atoms with E-state index in [1.807, 2.05) is 25.3 Å². The summed E-state index contributed by atoms with van der Waals surface area (Å²) >= 11 is 4.94. The lowest BCUT2D eigenvalue weighted by Crippen LogP contribution is -2.54. The van der Waals surface area contributed by atoms with Crippen molar-refractivity contribution in [3.63, 3.8) is 0 Å². The van der Waals surface area contributed by atoms with E-state index in [2.05, 4.69) is 15.9 Å². The Morgan fingerprint density at radius 2 is 2.28 bits per heavy atom. The second kappa shape index (κ2) is 5.13. The van der Waals surface area contributed by atoms with Crippen LogP contribution in [0, 0.1) is 0 Å². The van der Waals surface area contributed by atoms with Gasteiger partial charge in [-0.25, -0.2) is 0 Å². The zero-order valence-electron chi connectivity index (χ0n) is 10.5. The van der Waals surface area contributed by atoms with Gasteiger partial charge in [0.2, 0.25) is 5.91 Å². The number of ketones is 1. The summed E-state index contributed by atoms with van der Waals surface area (Å²) in [5.41, 5.74) is -0.209. The molecule has 0 spiro atoms. The second-order valence-corrected chi connectivity index (χ2v) is 7.15. The Labute approximate surface area is 119 Å². The first kappa shape index (κ1) is 13.7. The predicted molar refractivity (Wildman–Crippen MR) is 75.8 cm³/mol. The summed E-state index contributed by atoms with van der Waals surface area (Å²) in [5, 5.41) is 1.97. The van der Waals surface area contributed by atoms with Crippen molar-refractivity contribution in [1.82, 2.24) is 4.90 Å². The molecule has 0 saturated carbocycles. The number of hydrogen-bond acceptors (Lipinski definition) is 3. The van der Waals surface area contributed by atoms with Gasteiger partial charge in [-0.05, 0) is 42.3 Å². The van der Waals surface area contributed by atoms with Gasteiger partial charge in [0.25, 0.3) is 0 Å². The fraction of sp³-hybridized carbons (Fsp3) is 0.538. The van der Waals surface area contributed by atoms with E-state index < -0.39 is 0 Å².